The Balaban J connectivity index is 2.40. The quantitative estimate of drug-likeness (QED) is 0.515. The van der Waals surface area contributed by atoms with E-state index in [-0.39, 0.29) is 47.3 Å². The topological polar surface area (TPSA) is 131 Å². The summed E-state index contributed by atoms with van der Waals surface area (Å²) < 4.78 is 14.6. The summed E-state index contributed by atoms with van der Waals surface area (Å²) in [6, 6.07) is 6.71. The summed E-state index contributed by atoms with van der Waals surface area (Å²) in [5.74, 6) is -0.447. The molecule has 5 N–H and O–H groups in total. The smallest absolute Gasteiger partial charge is 0.448 e. The van der Waals surface area contributed by atoms with Gasteiger partial charge in [0.05, 0.1) is 5.71 Å². The van der Waals surface area contributed by atoms with Gasteiger partial charge in [-0.1, -0.05) is 19.1 Å². The molecule has 1 aliphatic carbocycles. The van der Waals surface area contributed by atoms with Gasteiger partial charge in [-0.2, -0.15) is 4.76 Å². The second kappa shape index (κ2) is 7.21. The summed E-state index contributed by atoms with van der Waals surface area (Å²) in [5, 5.41) is 29.3. The van der Waals surface area contributed by atoms with Crippen LogP contribution in [0.15, 0.2) is 52.2 Å². The predicted octanol–water partition coefficient (Wildman–Crippen LogP) is 3.47. The first-order chi connectivity index (χ1) is 11.2. The summed E-state index contributed by atoms with van der Waals surface area (Å²) >= 11 is 0. The molecule has 0 radical (unpaired) electrons. The fraction of sp³-hybridized carbons (Fsp3) is 0.312. The van der Waals surface area contributed by atoms with Crippen LogP contribution in [0.3, 0.4) is 0 Å². The maximum absolute atomic E-state index is 11.2. The van der Waals surface area contributed by atoms with E-state index < -0.39 is 7.75 Å². The number of nitrogens with zero attached hydrogens (tertiary/aromatic N) is 1. The molecule has 1 atom stereocenters. The second-order valence-corrected chi connectivity index (χ2v) is 6.87. The van der Waals surface area contributed by atoms with Gasteiger partial charge in [0.2, 0.25) is 0 Å². The molecule has 1 aromatic carbocycles. The number of phenols is 1. The van der Waals surface area contributed by atoms with Crippen LogP contribution in [0, 0.1) is 0 Å². The third-order valence-corrected chi connectivity index (χ3v) is 4.35. The molecule has 1 aliphatic rings. The first-order valence-electron chi connectivity index (χ1n) is 7.45. The number of hydrogen-bond donors (Lipinski definition) is 5. The van der Waals surface area contributed by atoms with Crippen LogP contribution < -0.4 is 0 Å². The Bertz CT molecular complexity index is 762. The molecule has 24 heavy (non-hydrogen) atoms. The van der Waals surface area contributed by atoms with Gasteiger partial charge >= 0.3 is 7.75 Å². The molecule has 0 aromatic heterocycles. The second-order valence-electron chi connectivity index (χ2n) is 5.64. The van der Waals surface area contributed by atoms with Crippen molar-refractivity contribution >= 4 is 13.5 Å². The van der Waals surface area contributed by atoms with Crippen LogP contribution >= 0.6 is 7.75 Å². The molecule has 0 spiro atoms. The first kappa shape index (κ1) is 18.3. The minimum absolute atomic E-state index is 0.0283. The van der Waals surface area contributed by atoms with Crippen LogP contribution in [0.4, 0.5) is 0 Å². The highest BCUT2D eigenvalue weighted by Crippen LogP contribution is 2.40. The lowest BCUT2D eigenvalue weighted by atomic mass is 9.85. The number of aliphatic hydroxyl groups is 2. The lowest BCUT2D eigenvalue weighted by Gasteiger charge is -2.22. The summed E-state index contributed by atoms with van der Waals surface area (Å²) in [6.45, 7) is 1.93. The molecular weight excluding hydrogens is 333 g/mol. The largest absolute Gasteiger partial charge is 0.512 e. The molecule has 0 saturated carbocycles. The maximum atomic E-state index is 11.2. The lowest BCUT2D eigenvalue weighted by Crippen LogP contribution is -2.15. The molecule has 0 aliphatic heterocycles. The molecule has 130 valence electrons. The third-order valence-electron chi connectivity index (χ3n) is 3.85. The van der Waals surface area contributed by atoms with Crippen LogP contribution in [0.2, 0.25) is 0 Å². The van der Waals surface area contributed by atoms with Gasteiger partial charge in [0, 0.05) is 18.1 Å². The first-order valence-corrected chi connectivity index (χ1v) is 9.01. The number of aromatic hydroxyl groups is 1. The molecule has 2 rings (SSSR count). The molecule has 1 aromatic rings. The number of phenolic OH excluding ortho intramolecular Hbond substituents is 1. The monoisotopic (exact) mass is 353 g/mol. The Morgan fingerprint density at radius 2 is 1.96 bits per heavy atom. The fourth-order valence-electron chi connectivity index (χ4n) is 2.72. The van der Waals surface area contributed by atoms with Crippen molar-refractivity contribution in [2.75, 3.05) is 0 Å². The van der Waals surface area contributed by atoms with Crippen LogP contribution in [0.1, 0.15) is 37.7 Å². The van der Waals surface area contributed by atoms with E-state index in [1.165, 1.54) is 0 Å². The summed E-state index contributed by atoms with van der Waals surface area (Å²) in [5.41, 5.74) is 1.10. The van der Waals surface area contributed by atoms with Gasteiger partial charge in [0.15, 0.2) is 0 Å². The van der Waals surface area contributed by atoms with E-state index in [1.807, 2.05) is 13.0 Å². The van der Waals surface area contributed by atoms with Gasteiger partial charge in [-0.15, -0.1) is 0 Å². The lowest BCUT2D eigenvalue weighted by molar-refractivity contribution is 0.372. The molecule has 0 amide bonds. The van der Waals surface area contributed by atoms with Crippen LogP contribution in [-0.4, -0.2) is 30.8 Å². The van der Waals surface area contributed by atoms with Gasteiger partial charge in [-0.3, -0.25) is 0 Å². The van der Waals surface area contributed by atoms with Crippen molar-refractivity contribution in [1.82, 2.24) is 0 Å². The standard InChI is InChI=1S/C16H20NO6P/c1-2-10(11-4-3-5-12(18)6-11)7-14-15(17-24(21,22)23)8-13(19)9-16(14)20/h3-6,9-10,18-20H,2,7-8H2,1H3,(H2,21,22,23). The minimum Gasteiger partial charge on any atom is -0.512 e. The zero-order chi connectivity index (χ0) is 17.9. The van der Waals surface area contributed by atoms with Crippen LogP contribution in [0.25, 0.3) is 0 Å². The van der Waals surface area contributed by atoms with Crippen LogP contribution in [0.5, 0.6) is 5.75 Å². The zero-order valence-electron chi connectivity index (χ0n) is 13.1. The van der Waals surface area contributed by atoms with Gasteiger partial charge in [0.25, 0.3) is 0 Å². The Hall–Kier alpha value is -2.08. The molecular formula is C16H20NO6P. The molecule has 0 saturated heterocycles. The van der Waals surface area contributed by atoms with E-state index in [0.29, 0.717) is 6.42 Å². The van der Waals surface area contributed by atoms with Crippen molar-refractivity contribution in [2.24, 2.45) is 4.76 Å². The maximum Gasteiger partial charge on any atom is 0.448 e. The SMILES string of the molecule is CCC(CC1=C(O)C=C(O)CC1=NP(=O)(O)O)c1cccc(O)c1. The van der Waals surface area contributed by atoms with Crippen molar-refractivity contribution < 1.29 is 29.7 Å². The van der Waals surface area contributed by atoms with E-state index in [1.54, 1.807) is 18.2 Å². The van der Waals surface area contributed by atoms with Crippen molar-refractivity contribution in [2.45, 2.75) is 32.1 Å². The molecule has 1 unspecified atom stereocenters. The van der Waals surface area contributed by atoms with E-state index in [0.717, 1.165) is 11.6 Å². The van der Waals surface area contributed by atoms with Crippen molar-refractivity contribution in [1.29, 1.82) is 0 Å². The normalized spacial score (nSPS) is 18.6. The van der Waals surface area contributed by atoms with Crippen molar-refractivity contribution in [3.63, 3.8) is 0 Å². The van der Waals surface area contributed by atoms with Crippen molar-refractivity contribution in [3.8, 4) is 5.75 Å². The van der Waals surface area contributed by atoms with Gasteiger partial charge < -0.3 is 25.1 Å². The zero-order valence-corrected chi connectivity index (χ0v) is 14.0. The third kappa shape index (κ3) is 4.71. The number of allylic oxidation sites excluding steroid dienone is 3. The summed E-state index contributed by atoms with van der Waals surface area (Å²) in [6.07, 6.45) is 1.96. The number of hydrogen-bond acceptors (Lipinski definition) is 4. The summed E-state index contributed by atoms with van der Waals surface area (Å²) in [7, 11) is -4.69. The molecule has 8 heteroatoms. The number of aliphatic hydroxyl groups excluding tert-OH is 2. The molecule has 7 nitrogen and oxygen atoms in total. The number of rotatable bonds is 5. The average Bonchev–Trinajstić information content (AvgIpc) is 2.45. The Morgan fingerprint density at radius 1 is 1.25 bits per heavy atom. The van der Waals surface area contributed by atoms with E-state index >= 15 is 0 Å². The van der Waals surface area contributed by atoms with E-state index in [2.05, 4.69) is 4.76 Å². The highest BCUT2D eigenvalue weighted by Gasteiger charge is 2.26. The van der Waals surface area contributed by atoms with Crippen LogP contribution in [-0.2, 0) is 4.57 Å². The van der Waals surface area contributed by atoms with Gasteiger partial charge in [-0.25, -0.2) is 4.57 Å². The fourth-order valence-corrected chi connectivity index (χ4v) is 3.23. The summed E-state index contributed by atoms with van der Waals surface area (Å²) in [4.78, 5) is 18.2. The highest BCUT2D eigenvalue weighted by molar-refractivity contribution is 7.50. The Kier molecular flexibility index (Phi) is 5.49. The predicted molar refractivity (Wildman–Crippen MR) is 90.2 cm³/mol. The Morgan fingerprint density at radius 3 is 2.54 bits per heavy atom. The molecule has 0 bridgehead atoms. The van der Waals surface area contributed by atoms with E-state index in [9.17, 15) is 19.9 Å². The minimum atomic E-state index is -4.69. The molecule has 0 fully saturated rings. The highest BCUT2D eigenvalue weighted by atomic mass is 31.2. The van der Waals surface area contributed by atoms with Gasteiger partial charge in [-0.05, 0) is 36.5 Å². The number of benzene rings is 1. The average molecular weight is 353 g/mol. The van der Waals surface area contributed by atoms with E-state index in [4.69, 9.17) is 9.79 Å². The van der Waals surface area contributed by atoms with Crippen molar-refractivity contribution in [3.05, 3.63) is 53.0 Å². The Labute approximate surface area is 139 Å². The van der Waals surface area contributed by atoms with Gasteiger partial charge in [0.1, 0.15) is 17.3 Å². The molecule has 0 heterocycles.